The number of thioether (sulfide) groups is 1. The van der Waals surface area contributed by atoms with Gasteiger partial charge in [-0.2, -0.15) is 0 Å². The Morgan fingerprint density at radius 1 is 1.24 bits per heavy atom. The summed E-state index contributed by atoms with van der Waals surface area (Å²) >= 11 is 1.42. The minimum atomic E-state index is -0.422. The summed E-state index contributed by atoms with van der Waals surface area (Å²) in [4.78, 5) is 13.1. The zero-order chi connectivity index (χ0) is 15.6. The number of azo groups is 1. The zero-order valence-corrected chi connectivity index (χ0v) is 13.7. The number of carbonyl (C=O) groups is 1. The number of hydrogen-bond acceptors (Lipinski definition) is 6. The summed E-state index contributed by atoms with van der Waals surface area (Å²) in [6.07, 6.45) is 0. The fourth-order valence-corrected chi connectivity index (χ4v) is 2.81. The predicted molar refractivity (Wildman–Crippen MR) is 86.9 cm³/mol. The normalized spacial score (nSPS) is 17.2. The van der Waals surface area contributed by atoms with Crippen molar-refractivity contribution < 1.29 is 4.79 Å². The molecule has 0 saturated carbocycles. The summed E-state index contributed by atoms with van der Waals surface area (Å²) in [5.74, 6) is -0.104. The smallest absolute Gasteiger partial charge is 0.240 e. The highest BCUT2D eigenvalue weighted by atomic mass is 32.2. The number of benzene rings is 1. The second-order valence-electron chi connectivity index (χ2n) is 5.37. The Bertz CT molecular complexity index is 592. The van der Waals surface area contributed by atoms with Crippen molar-refractivity contribution in [3.8, 4) is 0 Å². The van der Waals surface area contributed by atoms with Gasteiger partial charge in [0.25, 0.3) is 0 Å². The second kappa shape index (κ2) is 5.85. The van der Waals surface area contributed by atoms with Crippen LogP contribution in [0.25, 0.3) is 0 Å². The third kappa shape index (κ3) is 3.60. The van der Waals surface area contributed by atoms with Crippen molar-refractivity contribution in [2.75, 3.05) is 19.0 Å². The lowest BCUT2D eigenvalue weighted by Gasteiger charge is -2.25. The zero-order valence-electron chi connectivity index (χ0n) is 12.9. The Kier molecular flexibility index (Phi) is 4.32. The van der Waals surface area contributed by atoms with Crippen molar-refractivity contribution in [1.29, 1.82) is 0 Å². The van der Waals surface area contributed by atoms with Crippen molar-refractivity contribution in [2.24, 2.45) is 15.3 Å². The van der Waals surface area contributed by atoms with Gasteiger partial charge < -0.3 is 4.90 Å². The second-order valence-corrected chi connectivity index (χ2v) is 6.94. The van der Waals surface area contributed by atoms with E-state index >= 15 is 0 Å². The van der Waals surface area contributed by atoms with Crippen molar-refractivity contribution >= 4 is 34.2 Å². The molecule has 0 radical (unpaired) electrons. The first-order valence-electron chi connectivity index (χ1n) is 6.57. The number of carbonyl (C=O) groups excluding carboxylic acids is 1. The van der Waals surface area contributed by atoms with E-state index in [0.717, 1.165) is 11.4 Å². The molecular weight excluding hydrogens is 286 g/mol. The van der Waals surface area contributed by atoms with Crippen LogP contribution in [0.2, 0.25) is 0 Å². The summed E-state index contributed by atoms with van der Waals surface area (Å²) in [7, 11) is 3.97. The van der Waals surface area contributed by atoms with Gasteiger partial charge in [-0.15, -0.1) is 15.3 Å². The van der Waals surface area contributed by atoms with Crippen molar-refractivity contribution in [3.63, 3.8) is 0 Å². The lowest BCUT2D eigenvalue weighted by Crippen LogP contribution is -2.36. The first-order chi connectivity index (χ1) is 9.79. The Morgan fingerprint density at radius 2 is 1.86 bits per heavy atom. The van der Waals surface area contributed by atoms with E-state index in [1.165, 1.54) is 23.7 Å². The minimum Gasteiger partial charge on any atom is -0.378 e. The SMILES string of the molecule is CC(=O)N1N=C(N=Nc2ccc(N(C)C)cc2)SC1(C)C. The van der Waals surface area contributed by atoms with Crippen LogP contribution in [0, 0.1) is 0 Å². The van der Waals surface area contributed by atoms with E-state index in [9.17, 15) is 4.79 Å². The molecule has 1 heterocycles. The van der Waals surface area contributed by atoms with Crippen molar-refractivity contribution in [3.05, 3.63) is 24.3 Å². The van der Waals surface area contributed by atoms with Gasteiger partial charge in [-0.1, -0.05) is 11.8 Å². The van der Waals surface area contributed by atoms with E-state index in [1.807, 2.05) is 57.1 Å². The van der Waals surface area contributed by atoms with E-state index in [1.54, 1.807) is 0 Å². The maximum Gasteiger partial charge on any atom is 0.240 e. The number of hydrogen-bond donors (Lipinski definition) is 0. The minimum absolute atomic E-state index is 0.104. The number of amidine groups is 1. The van der Waals surface area contributed by atoms with Crippen LogP contribution in [0.3, 0.4) is 0 Å². The maximum absolute atomic E-state index is 11.5. The molecule has 0 unspecified atom stereocenters. The van der Waals surface area contributed by atoms with Crippen molar-refractivity contribution in [1.82, 2.24) is 5.01 Å². The van der Waals surface area contributed by atoms with Gasteiger partial charge in [0.05, 0.1) is 5.69 Å². The van der Waals surface area contributed by atoms with E-state index in [0.29, 0.717) is 5.17 Å². The molecule has 0 aromatic heterocycles. The summed E-state index contributed by atoms with van der Waals surface area (Å²) < 4.78 is 0. The molecule has 0 aliphatic carbocycles. The van der Waals surface area contributed by atoms with Crippen LogP contribution < -0.4 is 4.90 Å². The standard InChI is InChI=1S/C14H19N5OS/c1-10(20)19-14(2,3)21-13(17-19)16-15-11-6-8-12(9-7-11)18(4)5/h6-9H,1-5H3. The highest BCUT2D eigenvalue weighted by Crippen LogP contribution is 2.37. The molecule has 1 aromatic rings. The molecule has 0 spiro atoms. The average molecular weight is 305 g/mol. The summed E-state index contributed by atoms with van der Waals surface area (Å²) in [5, 5.41) is 14.4. The molecule has 1 amide bonds. The molecule has 1 aliphatic rings. The number of rotatable bonds is 2. The van der Waals surface area contributed by atoms with Gasteiger partial charge in [0.2, 0.25) is 11.1 Å². The van der Waals surface area contributed by atoms with E-state index in [-0.39, 0.29) is 5.91 Å². The molecule has 2 rings (SSSR count). The molecule has 1 aromatic carbocycles. The Labute approximate surface area is 128 Å². The topological polar surface area (TPSA) is 60.6 Å². The van der Waals surface area contributed by atoms with E-state index < -0.39 is 4.87 Å². The third-order valence-corrected chi connectivity index (χ3v) is 3.97. The van der Waals surface area contributed by atoms with Gasteiger partial charge in [-0.3, -0.25) is 4.79 Å². The number of amides is 1. The molecule has 21 heavy (non-hydrogen) atoms. The fourth-order valence-electron chi connectivity index (χ4n) is 1.90. The van der Waals surface area contributed by atoms with Gasteiger partial charge in [0.15, 0.2) is 0 Å². The molecule has 112 valence electrons. The van der Waals surface area contributed by atoms with Crippen LogP contribution >= 0.6 is 11.8 Å². The molecule has 0 bridgehead atoms. The molecular formula is C14H19N5OS. The Hall–Kier alpha value is -1.89. The Morgan fingerprint density at radius 3 is 2.33 bits per heavy atom. The van der Waals surface area contributed by atoms with Gasteiger partial charge in [-0.05, 0) is 38.1 Å². The molecule has 0 N–H and O–H groups in total. The summed E-state index contributed by atoms with van der Waals surface area (Å²) in [5.41, 5.74) is 1.86. The quantitative estimate of drug-likeness (QED) is 0.786. The summed E-state index contributed by atoms with van der Waals surface area (Å²) in [6, 6.07) is 7.74. The first kappa shape index (κ1) is 15.5. The van der Waals surface area contributed by atoms with Crippen LogP contribution in [0.5, 0.6) is 0 Å². The largest absolute Gasteiger partial charge is 0.378 e. The number of nitrogens with zero attached hydrogens (tertiary/aromatic N) is 5. The van der Waals surface area contributed by atoms with Gasteiger partial charge in [0.1, 0.15) is 4.87 Å². The molecule has 0 atom stereocenters. The van der Waals surface area contributed by atoms with E-state index in [2.05, 4.69) is 15.3 Å². The first-order valence-corrected chi connectivity index (χ1v) is 7.39. The average Bonchev–Trinajstić information content (AvgIpc) is 2.72. The lowest BCUT2D eigenvalue weighted by molar-refractivity contribution is -0.131. The van der Waals surface area contributed by atoms with Crippen LogP contribution in [0.4, 0.5) is 11.4 Å². The molecule has 1 aliphatic heterocycles. The Balaban J connectivity index is 2.11. The molecule has 7 heteroatoms. The third-order valence-electron chi connectivity index (χ3n) is 2.95. The summed E-state index contributed by atoms with van der Waals surface area (Å²) in [6.45, 7) is 5.35. The monoisotopic (exact) mass is 305 g/mol. The number of anilines is 1. The van der Waals surface area contributed by atoms with Gasteiger partial charge >= 0.3 is 0 Å². The van der Waals surface area contributed by atoms with E-state index in [4.69, 9.17) is 0 Å². The van der Waals surface area contributed by atoms with Crippen molar-refractivity contribution in [2.45, 2.75) is 25.6 Å². The lowest BCUT2D eigenvalue weighted by atomic mass is 10.3. The van der Waals surface area contributed by atoms with Gasteiger partial charge in [-0.25, -0.2) is 5.01 Å². The van der Waals surface area contributed by atoms with Crippen LogP contribution in [-0.4, -0.2) is 35.1 Å². The molecule has 0 fully saturated rings. The van der Waals surface area contributed by atoms with Crippen LogP contribution in [0.15, 0.2) is 39.6 Å². The van der Waals surface area contributed by atoms with Crippen LogP contribution in [-0.2, 0) is 4.79 Å². The molecule has 6 nitrogen and oxygen atoms in total. The fraction of sp³-hybridized carbons (Fsp3) is 0.429. The number of hydrazone groups is 1. The van der Waals surface area contributed by atoms with Gasteiger partial charge in [0, 0.05) is 26.7 Å². The predicted octanol–water partition coefficient (Wildman–Crippen LogP) is 3.44. The van der Waals surface area contributed by atoms with Crippen LogP contribution in [0.1, 0.15) is 20.8 Å². The maximum atomic E-state index is 11.5. The molecule has 0 saturated heterocycles. The highest BCUT2D eigenvalue weighted by molar-refractivity contribution is 8.15. The highest BCUT2D eigenvalue weighted by Gasteiger charge is 2.37.